The standard InChI is InChI=1S/C5H4FNO3S/c6-4-2-1-3-5(7-4)11(8,9)10/h1-3H,(H,8,9,10). The van der Waals surface area contributed by atoms with Gasteiger partial charge in [0, 0.05) is 0 Å². The van der Waals surface area contributed by atoms with Crippen molar-refractivity contribution < 1.29 is 17.4 Å². The SMILES string of the molecule is O=S(=O)(O)c1cccc(F)n1. The van der Waals surface area contributed by atoms with Gasteiger partial charge in [-0.25, -0.2) is 4.98 Å². The summed E-state index contributed by atoms with van der Waals surface area (Å²) in [6.07, 6.45) is 0. The van der Waals surface area contributed by atoms with Crippen molar-refractivity contribution in [3.05, 3.63) is 24.1 Å². The third-order valence-corrected chi connectivity index (χ3v) is 1.71. The molecule has 0 amide bonds. The summed E-state index contributed by atoms with van der Waals surface area (Å²) < 4.78 is 41.2. The van der Waals surface area contributed by atoms with Crippen LogP contribution in [-0.2, 0) is 10.1 Å². The first kappa shape index (κ1) is 8.09. The van der Waals surface area contributed by atoms with Gasteiger partial charge in [-0.05, 0) is 12.1 Å². The minimum atomic E-state index is -4.38. The zero-order valence-corrected chi connectivity index (χ0v) is 6.05. The first-order chi connectivity index (χ1) is 5.00. The molecule has 0 spiro atoms. The summed E-state index contributed by atoms with van der Waals surface area (Å²) in [5.74, 6) is -0.944. The van der Waals surface area contributed by atoms with E-state index in [0.29, 0.717) is 0 Å². The third kappa shape index (κ3) is 1.95. The first-order valence-corrected chi connectivity index (χ1v) is 4.04. The molecule has 1 heterocycles. The highest BCUT2D eigenvalue weighted by atomic mass is 32.2. The summed E-state index contributed by atoms with van der Waals surface area (Å²) in [4.78, 5) is 2.94. The van der Waals surface area contributed by atoms with Crippen LogP contribution in [0.25, 0.3) is 0 Å². The normalized spacial score (nSPS) is 11.5. The van der Waals surface area contributed by atoms with Crippen LogP contribution in [-0.4, -0.2) is 18.0 Å². The van der Waals surface area contributed by atoms with Gasteiger partial charge in [0.2, 0.25) is 5.95 Å². The zero-order chi connectivity index (χ0) is 8.48. The Hall–Kier alpha value is -1.01. The van der Waals surface area contributed by atoms with Gasteiger partial charge >= 0.3 is 10.1 Å². The lowest BCUT2D eigenvalue weighted by Crippen LogP contribution is -2.01. The summed E-state index contributed by atoms with van der Waals surface area (Å²) in [6.45, 7) is 0. The molecule has 60 valence electrons. The smallest absolute Gasteiger partial charge is 0.281 e. The average molecular weight is 177 g/mol. The van der Waals surface area contributed by atoms with E-state index in [9.17, 15) is 12.8 Å². The van der Waals surface area contributed by atoms with E-state index in [1.807, 2.05) is 0 Å². The van der Waals surface area contributed by atoms with E-state index in [2.05, 4.69) is 4.98 Å². The van der Waals surface area contributed by atoms with Crippen molar-refractivity contribution in [2.75, 3.05) is 0 Å². The van der Waals surface area contributed by atoms with E-state index in [1.54, 1.807) is 0 Å². The van der Waals surface area contributed by atoms with Crippen LogP contribution >= 0.6 is 0 Å². The number of halogens is 1. The summed E-state index contributed by atoms with van der Waals surface area (Å²) in [5, 5.41) is -0.683. The van der Waals surface area contributed by atoms with Gasteiger partial charge in [-0.3, -0.25) is 4.55 Å². The number of nitrogens with zero attached hydrogens (tertiary/aromatic N) is 1. The van der Waals surface area contributed by atoms with Crippen molar-refractivity contribution in [3.8, 4) is 0 Å². The molecule has 1 aromatic heterocycles. The molecule has 6 heteroatoms. The van der Waals surface area contributed by atoms with Crippen molar-refractivity contribution in [1.82, 2.24) is 4.98 Å². The molecule has 0 radical (unpaired) electrons. The lowest BCUT2D eigenvalue weighted by atomic mass is 10.5. The fraction of sp³-hybridized carbons (Fsp3) is 0. The van der Waals surface area contributed by atoms with Crippen molar-refractivity contribution >= 4 is 10.1 Å². The molecule has 0 saturated carbocycles. The maximum atomic E-state index is 12.2. The van der Waals surface area contributed by atoms with Crippen LogP contribution in [0.1, 0.15) is 0 Å². The number of hydrogen-bond acceptors (Lipinski definition) is 3. The largest absolute Gasteiger partial charge is 0.312 e. The van der Waals surface area contributed by atoms with Crippen LogP contribution in [0.4, 0.5) is 4.39 Å². The first-order valence-electron chi connectivity index (χ1n) is 2.60. The molecule has 1 aromatic rings. The molecule has 0 atom stereocenters. The van der Waals surface area contributed by atoms with Gasteiger partial charge in [0.25, 0.3) is 0 Å². The van der Waals surface area contributed by atoms with Crippen LogP contribution in [0.5, 0.6) is 0 Å². The van der Waals surface area contributed by atoms with E-state index in [4.69, 9.17) is 4.55 Å². The highest BCUT2D eigenvalue weighted by molar-refractivity contribution is 7.85. The molecule has 0 aromatic carbocycles. The fourth-order valence-corrected chi connectivity index (χ4v) is 0.986. The van der Waals surface area contributed by atoms with Crippen LogP contribution < -0.4 is 0 Å². The summed E-state index contributed by atoms with van der Waals surface area (Å²) in [5.41, 5.74) is 0. The Balaban J connectivity index is 3.28. The van der Waals surface area contributed by atoms with Gasteiger partial charge in [-0.15, -0.1) is 0 Å². The molecule has 0 aliphatic rings. The second kappa shape index (κ2) is 2.55. The predicted octanol–water partition coefficient (Wildman–Crippen LogP) is 0.467. The summed E-state index contributed by atoms with van der Waals surface area (Å²) >= 11 is 0. The minimum Gasteiger partial charge on any atom is -0.281 e. The Morgan fingerprint density at radius 3 is 2.45 bits per heavy atom. The average Bonchev–Trinajstić information content (AvgIpc) is 1.86. The Kier molecular flexibility index (Phi) is 1.88. The Morgan fingerprint density at radius 1 is 1.45 bits per heavy atom. The summed E-state index contributed by atoms with van der Waals surface area (Å²) in [6, 6.07) is 3.12. The highest BCUT2D eigenvalue weighted by Gasteiger charge is 2.10. The molecule has 0 saturated heterocycles. The second-order valence-corrected chi connectivity index (χ2v) is 3.14. The van der Waals surface area contributed by atoms with Gasteiger partial charge in [-0.1, -0.05) is 6.07 Å². The fourth-order valence-electron chi connectivity index (χ4n) is 0.533. The van der Waals surface area contributed by atoms with Crippen molar-refractivity contribution in [3.63, 3.8) is 0 Å². The molecular weight excluding hydrogens is 173 g/mol. The Labute approximate surface area is 62.4 Å². The number of rotatable bonds is 1. The van der Waals surface area contributed by atoms with Crippen LogP contribution in [0.3, 0.4) is 0 Å². The van der Waals surface area contributed by atoms with E-state index in [-0.39, 0.29) is 0 Å². The molecular formula is C5H4FNO3S. The number of hydrogen-bond donors (Lipinski definition) is 1. The van der Waals surface area contributed by atoms with Crippen LogP contribution in [0, 0.1) is 5.95 Å². The molecule has 1 rings (SSSR count). The van der Waals surface area contributed by atoms with E-state index < -0.39 is 21.1 Å². The molecule has 0 bridgehead atoms. The monoisotopic (exact) mass is 177 g/mol. The second-order valence-electron chi connectivity index (χ2n) is 1.77. The molecule has 11 heavy (non-hydrogen) atoms. The molecule has 0 aliphatic heterocycles. The van der Waals surface area contributed by atoms with Crippen LogP contribution in [0.15, 0.2) is 23.2 Å². The van der Waals surface area contributed by atoms with Crippen molar-refractivity contribution in [2.45, 2.75) is 5.03 Å². The van der Waals surface area contributed by atoms with Gasteiger partial charge in [0.1, 0.15) is 0 Å². The highest BCUT2D eigenvalue weighted by Crippen LogP contribution is 2.03. The zero-order valence-electron chi connectivity index (χ0n) is 5.23. The minimum absolute atomic E-state index is 0.683. The quantitative estimate of drug-likeness (QED) is 0.500. The van der Waals surface area contributed by atoms with E-state index in [0.717, 1.165) is 18.2 Å². The molecule has 0 unspecified atom stereocenters. The van der Waals surface area contributed by atoms with Crippen LogP contribution in [0.2, 0.25) is 0 Å². The predicted molar refractivity (Wildman–Crippen MR) is 34.0 cm³/mol. The lowest BCUT2D eigenvalue weighted by molar-refractivity contribution is 0.473. The van der Waals surface area contributed by atoms with Crippen molar-refractivity contribution in [2.24, 2.45) is 0 Å². The van der Waals surface area contributed by atoms with E-state index in [1.165, 1.54) is 0 Å². The van der Waals surface area contributed by atoms with Gasteiger partial charge < -0.3 is 0 Å². The molecule has 0 fully saturated rings. The van der Waals surface area contributed by atoms with Gasteiger partial charge in [-0.2, -0.15) is 12.8 Å². The third-order valence-electron chi connectivity index (χ3n) is 0.954. The topological polar surface area (TPSA) is 67.3 Å². The number of pyridine rings is 1. The van der Waals surface area contributed by atoms with Gasteiger partial charge in [0.15, 0.2) is 5.03 Å². The Morgan fingerprint density at radius 2 is 2.09 bits per heavy atom. The van der Waals surface area contributed by atoms with Crippen molar-refractivity contribution in [1.29, 1.82) is 0 Å². The maximum Gasteiger partial charge on any atom is 0.312 e. The summed E-state index contributed by atoms with van der Waals surface area (Å²) in [7, 11) is -4.38. The van der Waals surface area contributed by atoms with Gasteiger partial charge in [0.05, 0.1) is 0 Å². The molecule has 4 nitrogen and oxygen atoms in total. The number of aromatic nitrogens is 1. The Bertz CT molecular complexity index is 362. The molecule has 1 N–H and O–H groups in total. The lowest BCUT2D eigenvalue weighted by Gasteiger charge is -1.93. The van der Waals surface area contributed by atoms with E-state index >= 15 is 0 Å². The molecule has 0 aliphatic carbocycles. The maximum absolute atomic E-state index is 12.2.